The van der Waals surface area contributed by atoms with Gasteiger partial charge in [0.2, 0.25) is 0 Å². The molecule has 154 valence electrons. The van der Waals surface area contributed by atoms with Gasteiger partial charge in [0.05, 0.1) is 11.1 Å². The van der Waals surface area contributed by atoms with Gasteiger partial charge < -0.3 is 9.84 Å². The molecule has 0 saturated carbocycles. The van der Waals surface area contributed by atoms with Gasteiger partial charge in [-0.15, -0.1) is 0 Å². The second kappa shape index (κ2) is 9.36. The van der Waals surface area contributed by atoms with Gasteiger partial charge in [-0.25, -0.2) is 0 Å². The van der Waals surface area contributed by atoms with E-state index in [9.17, 15) is 26.3 Å². The summed E-state index contributed by atoms with van der Waals surface area (Å²) in [6.45, 7) is 0.339. The topological polar surface area (TPSA) is 29.5 Å². The lowest BCUT2D eigenvalue weighted by atomic mass is 10.2. The van der Waals surface area contributed by atoms with Crippen LogP contribution in [0.15, 0.2) is 78.9 Å². The lowest BCUT2D eigenvalue weighted by molar-refractivity contribution is -0.138. The molecule has 3 rings (SSSR count). The van der Waals surface area contributed by atoms with E-state index in [1.54, 1.807) is 0 Å². The number of halogens is 6. The Kier molecular flexibility index (Phi) is 7.14. The van der Waals surface area contributed by atoms with Gasteiger partial charge in [0, 0.05) is 0 Å². The summed E-state index contributed by atoms with van der Waals surface area (Å²) in [5.41, 5.74) is -0.456. The number of alkyl halides is 6. The first-order valence-electron chi connectivity index (χ1n) is 8.26. The normalized spacial score (nSPS) is 11.4. The van der Waals surface area contributed by atoms with Crippen molar-refractivity contribution in [3.63, 3.8) is 0 Å². The predicted molar refractivity (Wildman–Crippen MR) is 95.3 cm³/mol. The number of phenols is 1. The highest BCUT2D eigenvalue weighted by Crippen LogP contribution is 2.31. The third-order valence-corrected chi connectivity index (χ3v) is 3.62. The summed E-state index contributed by atoms with van der Waals surface area (Å²) in [5.74, 6) is 0.254. The summed E-state index contributed by atoms with van der Waals surface area (Å²) < 4.78 is 77.9. The Morgan fingerprint density at radius 2 is 1.07 bits per heavy atom. The molecule has 0 aliphatic carbocycles. The van der Waals surface area contributed by atoms with Crippen LogP contribution in [0.25, 0.3) is 0 Å². The molecule has 29 heavy (non-hydrogen) atoms. The number of ether oxygens (including phenoxy) is 1. The average molecular weight is 414 g/mol. The lowest BCUT2D eigenvalue weighted by Gasteiger charge is -2.09. The van der Waals surface area contributed by atoms with Gasteiger partial charge in [0.25, 0.3) is 0 Å². The molecule has 0 aliphatic heterocycles. The van der Waals surface area contributed by atoms with E-state index in [0.29, 0.717) is 12.4 Å². The molecular weight excluding hydrogens is 398 g/mol. The van der Waals surface area contributed by atoms with Crippen LogP contribution in [0.4, 0.5) is 26.3 Å². The van der Waals surface area contributed by atoms with Crippen LogP contribution in [0.1, 0.15) is 16.7 Å². The van der Waals surface area contributed by atoms with Crippen molar-refractivity contribution in [2.24, 2.45) is 0 Å². The Balaban J connectivity index is 0.000000234. The Bertz CT molecular complexity index is 870. The Morgan fingerprint density at radius 3 is 1.52 bits per heavy atom. The molecule has 0 heterocycles. The molecule has 0 aromatic heterocycles. The van der Waals surface area contributed by atoms with Crippen molar-refractivity contribution in [2.75, 3.05) is 0 Å². The Labute approximate surface area is 163 Å². The predicted octanol–water partition coefficient (Wildman–Crippen LogP) is 6.70. The quantitative estimate of drug-likeness (QED) is 0.484. The molecule has 0 unspecified atom stereocenters. The smallest absolute Gasteiger partial charge is 0.416 e. The number of phenolic OH excluding ortho intramolecular Hbond substituents is 1. The van der Waals surface area contributed by atoms with Crippen molar-refractivity contribution in [1.82, 2.24) is 0 Å². The van der Waals surface area contributed by atoms with Gasteiger partial charge in [0.1, 0.15) is 18.1 Å². The van der Waals surface area contributed by atoms with E-state index < -0.39 is 23.5 Å². The van der Waals surface area contributed by atoms with E-state index in [4.69, 9.17) is 9.84 Å². The van der Waals surface area contributed by atoms with E-state index in [1.165, 1.54) is 12.1 Å². The maximum absolute atomic E-state index is 12.3. The lowest BCUT2D eigenvalue weighted by Crippen LogP contribution is -2.04. The highest BCUT2D eigenvalue weighted by Gasteiger charge is 2.30. The summed E-state index contributed by atoms with van der Waals surface area (Å²) in [7, 11) is 0. The van der Waals surface area contributed by atoms with Gasteiger partial charge >= 0.3 is 12.4 Å². The average Bonchev–Trinajstić information content (AvgIpc) is 2.67. The van der Waals surface area contributed by atoms with E-state index in [1.807, 2.05) is 30.3 Å². The molecule has 3 aromatic rings. The molecular formula is C21H16F6O2. The van der Waals surface area contributed by atoms with E-state index in [-0.39, 0.29) is 5.75 Å². The second-order valence-corrected chi connectivity index (χ2v) is 5.84. The summed E-state index contributed by atoms with van der Waals surface area (Å²) in [6, 6.07) is 17.8. The summed E-state index contributed by atoms with van der Waals surface area (Å²) in [5, 5.41) is 8.66. The van der Waals surface area contributed by atoms with Crippen LogP contribution in [0.5, 0.6) is 11.5 Å². The second-order valence-electron chi connectivity index (χ2n) is 5.84. The minimum Gasteiger partial charge on any atom is -0.508 e. The van der Waals surface area contributed by atoms with Crippen molar-refractivity contribution >= 4 is 0 Å². The molecule has 1 N–H and O–H groups in total. The maximum Gasteiger partial charge on any atom is 0.416 e. The first kappa shape index (κ1) is 22.1. The zero-order valence-corrected chi connectivity index (χ0v) is 14.8. The molecule has 0 radical (unpaired) electrons. The van der Waals surface area contributed by atoms with Gasteiger partial charge in [-0.2, -0.15) is 26.3 Å². The monoisotopic (exact) mass is 414 g/mol. The third kappa shape index (κ3) is 7.40. The molecule has 2 nitrogen and oxygen atoms in total. The fourth-order valence-corrected chi connectivity index (χ4v) is 2.13. The summed E-state index contributed by atoms with van der Waals surface area (Å²) in [6.07, 6.45) is -8.63. The Hall–Kier alpha value is -3.16. The fourth-order valence-electron chi connectivity index (χ4n) is 2.13. The van der Waals surface area contributed by atoms with Crippen LogP contribution >= 0.6 is 0 Å². The van der Waals surface area contributed by atoms with Crippen LogP contribution in [-0.4, -0.2) is 5.11 Å². The van der Waals surface area contributed by atoms with Crippen molar-refractivity contribution in [2.45, 2.75) is 19.0 Å². The molecule has 0 saturated heterocycles. The van der Waals surface area contributed by atoms with Crippen molar-refractivity contribution in [3.8, 4) is 11.5 Å². The highest BCUT2D eigenvalue weighted by molar-refractivity contribution is 5.29. The zero-order chi connectivity index (χ0) is 21.5. The van der Waals surface area contributed by atoms with E-state index in [0.717, 1.165) is 42.0 Å². The standard InChI is InChI=1S/C14H11F3O.C7H5F3O/c15-14(16,17)12-6-8-13(9-7-12)18-10-11-4-2-1-3-5-11;8-7(9,10)5-1-3-6(11)4-2-5/h1-9H,10H2;1-4,11H. The first-order valence-corrected chi connectivity index (χ1v) is 8.26. The van der Waals surface area contributed by atoms with Gasteiger partial charge in [-0.3, -0.25) is 0 Å². The van der Waals surface area contributed by atoms with Gasteiger partial charge in [-0.1, -0.05) is 30.3 Å². The minimum atomic E-state index is -4.33. The third-order valence-electron chi connectivity index (χ3n) is 3.62. The molecule has 0 fully saturated rings. The number of hydrogen-bond acceptors (Lipinski definition) is 2. The van der Waals surface area contributed by atoms with Crippen LogP contribution in [0.2, 0.25) is 0 Å². The first-order chi connectivity index (χ1) is 13.6. The number of hydrogen-bond donors (Lipinski definition) is 1. The molecule has 3 aromatic carbocycles. The van der Waals surface area contributed by atoms with Crippen LogP contribution < -0.4 is 4.74 Å². The molecule has 0 spiro atoms. The van der Waals surface area contributed by atoms with Gasteiger partial charge in [0.15, 0.2) is 0 Å². The Morgan fingerprint density at radius 1 is 0.621 bits per heavy atom. The van der Waals surface area contributed by atoms with Crippen LogP contribution in [0.3, 0.4) is 0 Å². The SMILES string of the molecule is FC(F)(F)c1ccc(OCc2ccccc2)cc1.Oc1ccc(C(F)(F)F)cc1. The molecule has 0 atom stereocenters. The minimum absolute atomic E-state index is 0.169. The molecule has 0 bridgehead atoms. The largest absolute Gasteiger partial charge is 0.508 e. The molecule has 0 amide bonds. The highest BCUT2D eigenvalue weighted by atomic mass is 19.4. The maximum atomic E-state index is 12.3. The van der Waals surface area contributed by atoms with E-state index >= 15 is 0 Å². The number of benzene rings is 3. The van der Waals surface area contributed by atoms with Crippen LogP contribution in [0, 0.1) is 0 Å². The number of aromatic hydroxyl groups is 1. The molecule has 8 heteroatoms. The van der Waals surface area contributed by atoms with Crippen LogP contribution in [-0.2, 0) is 19.0 Å². The van der Waals surface area contributed by atoms with Crippen molar-refractivity contribution in [3.05, 3.63) is 95.6 Å². The number of rotatable bonds is 3. The van der Waals surface area contributed by atoms with E-state index in [2.05, 4.69) is 0 Å². The summed E-state index contributed by atoms with van der Waals surface area (Å²) >= 11 is 0. The molecule has 0 aliphatic rings. The fraction of sp³-hybridized carbons (Fsp3) is 0.143. The zero-order valence-electron chi connectivity index (χ0n) is 14.8. The van der Waals surface area contributed by atoms with Gasteiger partial charge in [-0.05, 0) is 54.1 Å². The van der Waals surface area contributed by atoms with Crippen molar-refractivity contribution < 1.29 is 36.2 Å². The summed E-state index contributed by atoms with van der Waals surface area (Å²) in [4.78, 5) is 0. The van der Waals surface area contributed by atoms with Crippen molar-refractivity contribution in [1.29, 1.82) is 0 Å².